The van der Waals surface area contributed by atoms with Gasteiger partial charge in [0, 0.05) is 6.54 Å². The fraction of sp³-hybridized carbons (Fsp3) is 0.200. The molecule has 106 valence electrons. The van der Waals surface area contributed by atoms with Crippen LogP contribution in [0.5, 0.6) is 0 Å². The van der Waals surface area contributed by atoms with Gasteiger partial charge in [0.15, 0.2) is 0 Å². The smallest absolute Gasteiger partial charge is 0.306 e. The Hall–Kier alpha value is -1.88. The summed E-state index contributed by atoms with van der Waals surface area (Å²) in [7, 11) is 0. The normalized spacial score (nSPS) is 9.35. The Morgan fingerprint density at radius 1 is 1.10 bits per heavy atom. The van der Waals surface area contributed by atoms with E-state index in [1.807, 2.05) is 44.2 Å². The number of nitrogens with zero attached hydrogens (tertiary/aromatic N) is 1. The third kappa shape index (κ3) is 4.35. The van der Waals surface area contributed by atoms with Crippen LogP contribution in [0.15, 0.2) is 53.0 Å². The van der Waals surface area contributed by atoms with Gasteiger partial charge in [-0.1, -0.05) is 50.2 Å². The summed E-state index contributed by atoms with van der Waals surface area (Å²) >= 11 is 3.19. The monoisotopic (exact) mass is 336 g/mol. The Kier molecular flexibility index (Phi) is 6.73. The molecule has 0 bridgehead atoms. The standard InChI is InChI=1S/C13H11BrN2O2.C2H6/c14-11-7-4-8-12(13(11)16(17)18)15-9-10-5-2-1-3-6-10;1-2/h1-8,15H,9H2;1-2H3. The van der Waals surface area contributed by atoms with Crippen molar-refractivity contribution in [3.8, 4) is 0 Å². The Labute approximate surface area is 127 Å². The van der Waals surface area contributed by atoms with Crippen LogP contribution in [-0.4, -0.2) is 4.92 Å². The van der Waals surface area contributed by atoms with Crippen molar-refractivity contribution < 1.29 is 4.92 Å². The van der Waals surface area contributed by atoms with Gasteiger partial charge in [-0.05, 0) is 33.6 Å². The van der Waals surface area contributed by atoms with E-state index < -0.39 is 4.92 Å². The molecule has 4 nitrogen and oxygen atoms in total. The zero-order valence-corrected chi connectivity index (χ0v) is 13.1. The molecule has 0 aliphatic rings. The molecule has 2 aromatic rings. The third-order valence-corrected chi connectivity index (χ3v) is 3.14. The van der Waals surface area contributed by atoms with Gasteiger partial charge in [-0.2, -0.15) is 0 Å². The summed E-state index contributed by atoms with van der Waals surface area (Å²) in [4.78, 5) is 10.6. The summed E-state index contributed by atoms with van der Waals surface area (Å²) in [5.41, 5.74) is 1.65. The summed E-state index contributed by atoms with van der Waals surface area (Å²) < 4.78 is 0.477. The zero-order valence-electron chi connectivity index (χ0n) is 11.5. The van der Waals surface area contributed by atoms with Crippen LogP contribution in [0.3, 0.4) is 0 Å². The molecule has 0 saturated heterocycles. The summed E-state index contributed by atoms with van der Waals surface area (Å²) in [6, 6.07) is 14.9. The number of halogens is 1. The highest BCUT2D eigenvalue weighted by atomic mass is 79.9. The average Bonchev–Trinajstić information content (AvgIpc) is 2.48. The van der Waals surface area contributed by atoms with Crippen LogP contribution in [0.1, 0.15) is 19.4 Å². The minimum absolute atomic E-state index is 0.0634. The van der Waals surface area contributed by atoms with Crippen LogP contribution >= 0.6 is 15.9 Å². The van der Waals surface area contributed by atoms with E-state index in [1.54, 1.807) is 18.2 Å². The fourth-order valence-electron chi connectivity index (χ4n) is 1.64. The number of rotatable bonds is 4. The maximum absolute atomic E-state index is 11.0. The molecule has 0 amide bonds. The minimum Gasteiger partial charge on any atom is -0.375 e. The number of nitro benzene ring substituents is 1. The lowest BCUT2D eigenvalue weighted by molar-refractivity contribution is -0.384. The van der Waals surface area contributed by atoms with E-state index in [9.17, 15) is 10.1 Å². The largest absolute Gasteiger partial charge is 0.375 e. The molecular formula is C15H17BrN2O2. The van der Waals surface area contributed by atoms with Gasteiger partial charge in [-0.3, -0.25) is 10.1 Å². The Bertz CT molecular complexity index is 559. The van der Waals surface area contributed by atoms with Crippen molar-refractivity contribution in [1.82, 2.24) is 0 Å². The first-order valence-corrected chi connectivity index (χ1v) is 7.18. The quantitative estimate of drug-likeness (QED) is 0.631. The molecule has 2 rings (SSSR count). The predicted molar refractivity (Wildman–Crippen MR) is 85.9 cm³/mol. The van der Waals surface area contributed by atoms with Crippen molar-refractivity contribution in [3.05, 3.63) is 68.7 Å². The van der Waals surface area contributed by atoms with E-state index in [0.29, 0.717) is 16.7 Å². The summed E-state index contributed by atoms with van der Waals surface area (Å²) in [5, 5.41) is 14.1. The molecule has 0 aliphatic carbocycles. The molecule has 5 heteroatoms. The first kappa shape index (κ1) is 16.2. The highest BCUT2D eigenvalue weighted by Crippen LogP contribution is 2.32. The zero-order chi connectivity index (χ0) is 15.0. The van der Waals surface area contributed by atoms with Crippen molar-refractivity contribution in [3.63, 3.8) is 0 Å². The first-order valence-electron chi connectivity index (χ1n) is 6.39. The summed E-state index contributed by atoms with van der Waals surface area (Å²) in [6.07, 6.45) is 0. The van der Waals surface area contributed by atoms with Crippen LogP contribution in [-0.2, 0) is 6.54 Å². The van der Waals surface area contributed by atoms with Gasteiger partial charge in [0.1, 0.15) is 5.69 Å². The van der Waals surface area contributed by atoms with Gasteiger partial charge in [0.25, 0.3) is 0 Å². The highest BCUT2D eigenvalue weighted by Gasteiger charge is 2.17. The molecule has 0 radical (unpaired) electrons. The van der Waals surface area contributed by atoms with E-state index in [2.05, 4.69) is 21.2 Å². The molecule has 0 unspecified atom stereocenters. The second kappa shape index (κ2) is 8.32. The maximum atomic E-state index is 11.0. The van der Waals surface area contributed by atoms with E-state index in [1.165, 1.54) is 0 Å². The van der Waals surface area contributed by atoms with E-state index in [-0.39, 0.29) is 5.69 Å². The lowest BCUT2D eigenvalue weighted by Crippen LogP contribution is -2.02. The fourth-order valence-corrected chi connectivity index (χ4v) is 2.15. The molecule has 0 atom stereocenters. The van der Waals surface area contributed by atoms with Crippen LogP contribution in [0.4, 0.5) is 11.4 Å². The van der Waals surface area contributed by atoms with Crippen molar-refractivity contribution in [1.29, 1.82) is 0 Å². The lowest BCUT2D eigenvalue weighted by atomic mass is 10.2. The number of nitrogens with one attached hydrogen (secondary N) is 1. The molecule has 0 fully saturated rings. The van der Waals surface area contributed by atoms with E-state index >= 15 is 0 Å². The van der Waals surface area contributed by atoms with Gasteiger partial charge in [0.05, 0.1) is 9.40 Å². The molecule has 2 aromatic carbocycles. The van der Waals surface area contributed by atoms with Gasteiger partial charge >= 0.3 is 5.69 Å². The van der Waals surface area contributed by atoms with Crippen molar-refractivity contribution in [2.45, 2.75) is 20.4 Å². The van der Waals surface area contributed by atoms with E-state index in [4.69, 9.17) is 0 Å². The number of hydrogen-bond acceptors (Lipinski definition) is 3. The van der Waals surface area contributed by atoms with Crippen LogP contribution < -0.4 is 5.32 Å². The molecule has 0 aliphatic heterocycles. The Balaban J connectivity index is 0.000000956. The van der Waals surface area contributed by atoms with Crippen molar-refractivity contribution in [2.75, 3.05) is 5.32 Å². The number of benzene rings is 2. The SMILES string of the molecule is CC.O=[N+]([O-])c1c(Br)cccc1NCc1ccccc1. The van der Waals surface area contributed by atoms with Gasteiger partial charge < -0.3 is 5.32 Å². The number of hydrogen-bond donors (Lipinski definition) is 1. The van der Waals surface area contributed by atoms with E-state index in [0.717, 1.165) is 5.56 Å². The molecule has 0 heterocycles. The van der Waals surface area contributed by atoms with Gasteiger partial charge in [-0.25, -0.2) is 0 Å². The van der Waals surface area contributed by atoms with Gasteiger partial charge in [0.2, 0.25) is 0 Å². The second-order valence-corrected chi connectivity index (χ2v) is 4.59. The average molecular weight is 337 g/mol. The summed E-state index contributed by atoms with van der Waals surface area (Å²) in [6.45, 7) is 4.55. The minimum atomic E-state index is -0.391. The number of para-hydroxylation sites is 1. The summed E-state index contributed by atoms with van der Waals surface area (Å²) in [5.74, 6) is 0. The van der Waals surface area contributed by atoms with Crippen molar-refractivity contribution in [2.24, 2.45) is 0 Å². The first-order chi connectivity index (χ1) is 9.68. The molecular weight excluding hydrogens is 320 g/mol. The molecule has 0 spiro atoms. The van der Waals surface area contributed by atoms with Crippen LogP contribution in [0.25, 0.3) is 0 Å². The van der Waals surface area contributed by atoms with Gasteiger partial charge in [-0.15, -0.1) is 0 Å². The van der Waals surface area contributed by atoms with Crippen LogP contribution in [0, 0.1) is 10.1 Å². The lowest BCUT2D eigenvalue weighted by Gasteiger charge is -2.07. The number of nitro groups is 1. The third-order valence-electron chi connectivity index (χ3n) is 2.50. The number of anilines is 1. The van der Waals surface area contributed by atoms with Crippen molar-refractivity contribution >= 4 is 27.3 Å². The predicted octanol–water partition coefficient (Wildman–Crippen LogP) is 5.00. The molecule has 1 N–H and O–H groups in total. The Morgan fingerprint density at radius 2 is 1.75 bits per heavy atom. The molecule has 20 heavy (non-hydrogen) atoms. The Morgan fingerprint density at radius 3 is 2.35 bits per heavy atom. The molecule has 0 saturated carbocycles. The second-order valence-electron chi connectivity index (χ2n) is 3.73. The van der Waals surface area contributed by atoms with Crippen LogP contribution in [0.2, 0.25) is 0 Å². The topological polar surface area (TPSA) is 55.2 Å². The molecule has 0 aromatic heterocycles. The maximum Gasteiger partial charge on any atom is 0.306 e. The highest BCUT2D eigenvalue weighted by molar-refractivity contribution is 9.10.